The summed E-state index contributed by atoms with van der Waals surface area (Å²) in [6.45, 7) is 7.11. The molecule has 34 heavy (non-hydrogen) atoms. The monoisotopic (exact) mass is 460 g/mol. The number of hydrogen-bond donors (Lipinski definition) is 0. The molecule has 5 rings (SSSR count). The number of carbonyl (C=O) groups is 1. The molecule has 1 unspecified atom stereocenters. The number of allylic oxidation sites excluding steroid dienone is 4. The first-order valence-electron chi connectivity index (χ1n) is 13.2. The van der Waals surface area contributed by atoms with E-state index in [1.807, 2.05) is 26.4 Å². The Morgan fingerprint density at radius 3 is 2.62 bits per heavy atom. The largest absolute Gasteiger partial charge is 0.382 e. The minimum absolute atomic E-state index is 0.0243. The number of rotatable bonds is 5. The smallest absolute Gasteiger partial charge is 0.156 e. The van der Waals surface area contributed by atoms with Crippen LogP contribution in [0.25, 0.3) is 6.08 Å². The first-order chi connectivity index (χ1) is 16.4. The molecule has 0 spiro atoms. The molecule has 0 saturated heterocycles. The van der Waals surface area contributed by atoms with Crippen molar-refractivity contribution < 1.29 is 14.3 Å². The molecule has 3 heteroatoms. The highest BCUT2D eigenvalue weighted by molar-refractivity contribution is 5.93. The Hall–Kier alpha value is -1.97. The maximum Gasteiger partial charge on any atom is 0.156 e. The first-order valence-corrected chi connectivity index (χ1v) is 13.2. The van der Waals surface area contributed by atoms with Gasteiger partial charge < -0.3 is 9.47 Å². The van der Waals surface area contributed by atoms with Gasteiger partial charge in [-0.1, -0.05) is 55.8 Å². The van der Waals surface area contributed by atoms with Crippen molar-refractivity contribution in [2.75, 3.05) is 20.8 Å². The van der Waals surface area contributed by atoms with E-state index in [9.17, 15) is 4.79 Å². The Balaban J connectivity index is 1.70. The van der Waals surface area contributed by atoms with Crippen molar-refractivity contribution in [3.63, 3.8) is 0 Å². The van der Waals surface area contributed by atoms with Crippen LogP contribution >= 0.6 is 0 Å². The predicted octanol–water partition coefficient (Wildman–Crippen LogP) is 7.04. The molecule has 0 radical (unpaired) electrons. The third-order valence-corrected chi connectivity index (χ3v) is 9.91. The van der Waals surface area contributed by atoms with Crippen LogP contribution in [-0.4, -0.2) is 32.2 Å². The van der Waals surface area contributed by atoms with Crippen molar-refractivity contribution in [3.8, 4) is 0 Å². The molecular weight excluding hydrogens is 420 g/mol. The van der Waals surface area contributed by atoms with E-state index in [1.54, 1.807) is 5.57 Å². The molecule has 0 aliphatic heterocycles. The fraction of sp³-hybridized carbons (Fsp3) is 0.581. The molecule has 0 heterocycles. The summed E-state index contributed by atoms with van der Waals surface area (Å²) in [7, 11) is 3.72. The summed E-state index contributed by atoms with van der Waals surface area (Å²) in [5.41, 5.74) is 6.74. The van der Waals surface area contributed by atoms with Gasteiger partial charge in [0.1, 0.15) is 0 Å². The second-order valence-electron chi connectivity index (χ2n) is 11.3. The summed E-state index contributed by atoms with van der Waals surface area (Å²) < 4.78 is 12.3. The minimum Gasteiger partial charge on any atom is -0.382 e. The average molecular weight is 461 g/mol. The van der Waals surface area contributed by atoms with Gasteiger partial charge in [0, 0.05) is 32.0 Å². The number of benzene rings is 1. The van der Waals surface area contributed by atoms with Gasteiger partial charge in [0.2, 0.25) is 0 Å². The van der Waals surface area contributed by atoms with Crippen molar-refractivity contribution in [2.45, 2.75) is 76.2 Å². The van der Waals surface area contributed by atoms with Crippen molar-refractivity contribution >= 4 is 11.9 Å². The zero-order valence-corrected chi connectivity index (χ0v) is 21.2. The summed E-state index contributed by atoms with van der Waals surface area (Å²) >= 11 is 0. The van der Waals surface area contributed by atoms with Crippen LogP contribution in [0.15, 0.2) is 53.6 Å². The zero-order valence-electron chi connectivity index (χ0n) is 21.2. The van der Waals surface area contributed by atoms with Gasteiger partial charge in [0.05, 0.1) is 12.2 Å². The maximum absolute atomic E-state index is 12.3. The van der Waals surface area contributed by atoms with E-state index in [0.29, 0.717) is 36.6 Å². The van der Waals surface area contributed by atoms with E-state index in [-0.39, 0.29) is 11.0 Å². The molecule has 0 amide bonds. The van der Waals surface area contributed by atoms with Crippen LogP contribution < -0.4 is 0 Å². The molecule has 3 nitrogen and oxygen atoms in total. The Labute approximate surface area is 205 Å². The number of hydrogen-bond acceptors (Lipinski definition) is 3. The van der Waals surface area contributed by atoms with Crippen LogP contribution in [-0.2, 0) is 14.3 Å². The standard InChI is InChI=1S/C31H40O3/c1-5-21-8-10-22(11-9-21)28-19-30(2)29(7-6-16-31(30,34-4)20-33-3)24-13-12-23-17-25(32)14-15-26(23)27(28)18-24/h5,8-11,17,24,28-29H,1,6-7,12-16,18-20H2,2-4H3/t24?,28-,29+,30+,31-/m1/s1. The lowest BCUT2D eigenvalue weighted by Crippen LogP contribution is -2.58. The predicted molar refractivity (Wildman–Crippen MR) is 138 cm³/mol. The number of fused-ring (bicyclic) bond motifs is 5. The third-order valence-electron chi connectivity index (χ3n) is 9.91. The lowest BCUT2D eigenvalue weighted by Gasteiger charge is -2.57. The summed E-state index contributed by atoms with van der Waals surface area (Å²) in [4.78, 5) is 12.3. The number of ether oxygens (including phenoxy) is 2. The van der Waals surface area contributed by atoms with Gasteiger partial charge in [-0.2, -0.15) is 0 Å². The number of carbonyl (C=O) groups excluding carboxylic acids is 1. The molecule has 182 valence electrons. The summed E-state index contributed by atoms with van der Waals surface area (Å²) in [6.07, 6.45) is 13.4. The second kappa shape index (κ2) is 9.24. The Kier molecular flexibility index (Phi) is 6.46. The zero-order chi connectivity index (χ0) is 23.9. The van der Waals surface area contributed by atoms with E-state index in [0.717, 1.165) is 37.7 Å². The van der Waals surface area contributed by atoms with Crippen LogP contribution in [0.5, 0.6) is 0 Å². The normalized spacial score (nSPS) is 35.6. The van der Waals surface area contributed by atoms with Crippen LogP contribution in [0.4, 0.5) is 0 Å². The molecular formula is C31H40O3. The van der Waals surface area contributed by atoms with Crippen molar-refractivity contribution in [3.05, 3.63) is 64.8 Å². The average Bonchev–Trinajstić information content (AvgIpc) is 3.11. The van der Waals surface area contributed by atoms with Gasteiger partial charge in [-0.25, -0.2) is 0 Å². The van der Waals surface area contributed by atoms with E-state index in [1.165, 1.54) is 36.0 Å². The first kappa shape index (κ1) is 23.8. The van der Waals surface area contributed by atoms with Gasteiger partial charge in [-0.3, -0.25) is 4.79 Å². The fourth-order valence-electron chi connectivity index (χ4n) is 8.13. The highest BCUT2D eigenvalue weighted by atomic mass is 16.5. The summed E-state index contributed by atoms with van der Waals surface area (Å²) in [5.74, 6) is 1.87. The van der Waals surface area contributed by atoms with Crippen molar-refractivity contribution in [2.24, 2.45) is 17.3 Å². The minimum atomic E-state index is -0.261. The highest BCUT2D eigenvalue weighted by Crippen LogP contribution is 2.63. The quantitative estimate of drug-likeness (QED) is 0.473. The molecule has 2 bridgehead atoms. The van der Waals surface area contributed by atoms with Crippen molar-refractivity contribution in [1.82, 2.24) is 0 Å². The Bertz CT molecular complexity index is 1010. The number of methoxy groups -OCH3 is 2. The molecule has 2 fully saturated rings. The molecule has 0 N–H and O–H groups in total. The van der Waals surface area contributed by atoms with Gasteiger partial charge in [-0.05, 0) is 85.1 Å². The third kappa shape index (κ3) is 3.76. The van der Waals surface area contributed by atoms with E-state index in [4.69, 9.17) is 9.47 Å². The van der Waals surface area contributed by atoms with Crippen LogP contribution in [0, 0.1) is 17.3 Å². The molecule has 1 aromatic carbocycles. The molecule has 5 atom stereocenters. The van der Waals surface area contributed by atoms with Gasteiger partial charge in [0.15, 0.2) is 5.78 Å². The Morgan fingerprint density at radius 1 is 1.12 bits per heavy atom. The summed E-state index contributed by atoms with van der Waals surface area (Å²) in [5, 5.41) is 0. The Morgan fingerprint density at radius 2 is 1.91 bits per heavy atom. The maximum atomic E-state index is 12.3. The molecule has 4 aliphatic rings. The van der Waals surface area contributed by atoms with Gasteiger partial charge in [-0.15, -0.1) is 0 Å². The SMILES string of the molecule is C=Cc1ccc([C@H]2C[C@@]3(C)[C@@H](CCC[C@]3(COC)OC)C3CCC4=CC(=O)CCC4=C2C3)cc1. The highest BCUT2D eigenvalue weighted by Gasteiger charge is 2.59. The molecule has 2 saturated carbocycles. The second-order valence-corrected chi connectivity index (χ2v) is 11.3. The fourth-order valence-corrected chi connectivity index (χ4v) is 8.13. The summed E-state index contributed by atoms with van der Waals surface area (Å²) in [6, 6.07) is 9.02. The van der Waals surface area contributed by atoms with Gasteiger partial charge >= 0.3 is 0 Å². The van der Waals surface area contributed by atoms with Crippen LogP contribution in [0.3, 0.4) is 0 Å². The topological polar surface area (TPSA) is 35.5 Å². The van der Waals surface area contributed by atoms with Gasteiger partial charge in [0.25, 0.3) is 0 Å². The van der Waals surface area contributed by atoms with E-state index >= 15 is 0 Å². The molecule has 4 aliphatic carbocycles. The van der Waals surface area contributed by atoms with Crippen LogP contribution in [0.1, 0.15) is 81.8 Å². The van der Waals surface area contributed by atoms with E-state index in [2.05, 4.69) is 37.8 Å². The van der Waals surface area contributed by atoms with Crippen molar-refractivity contribution in [1.29, 1.82) is 0 Å². The lowest BCUT2D eigenvalue weighted by atomic mass is 9.53. The molecule has 1 aromatic rings. The lowest BCUT2D eigenvalue weighted by molar-refractivity contribution is -0.196. The number of ketones is 1. The van der Waals surface area contributed by atoms with E-state index < -0.39 is 0 Å². The molecule has 0 aromatic heterocycles. The van der Waals surface area contributed by atoms with Crippen LogP contribution in [0.2, 0.25) is 0 Å².